The number of aliphatic carboxylic acids is 1. The lowest BCUT2D eigenvalue weighted by molar-refractivity contribution is -0.139. The van der Waals surface area contributed by atoms with Gasteiger partial charge in [-0.05, 0) is 72.6 Å². The van der Waals surface area contributed by atoms with E-state index in [2.05, 4.69) is 0 Å². The van der Waals surface area contributed by atoms with Gasteiger partial charge in [-0.25, -0.2) is 9.69 Å². The van der Waals surface area contributed by atoms with E-state index < -0.39 is 18.5 Å². The number of ether oxygens (including phenoxy) is 2. The molecule has 1 N–H and O–H groups in total. The van der Waals surface area contributed by atoms with Gasteiger partial charge in [0.25, 0.3) is 11.1 Å². The number of nitrogens with zero attached hydrogens (tertiary/aromatic N) is 1. The molecule has 2 amide bonds. The molecular weight excluding hydrogens is 394 g/mol. The molecule has 0 spiro atoms. The zero-order chi connectivity index (χ0) is 21.1. The molecule has 0 atom stereocenters. The summed E-state index contributed by atoms with van der Waals surface area (Å²) in [5.74, 6) is -0.895. The number of amides is 2. The molecule has 8 heteroatoms. The van der Waals surface area contributed by atoms with E-state index in [-0.39, 0.29) is 15.9 Å². The van der Waals surface area contributed by atoms with E-state index in [0.29, 0.717) is 17.0 Å². The van der Waals surface area contributed by atoms with E-state index in [4.69, 9.17) is 14.6 Å². The Bertz CT molecular complexity index is 1030. The molecule has 1 aliphatic rings. The third-order valence-electron chi connectivity index (χ3n) is 4.38. The van der Waals surface area contributed by atoms with Crippen molar-refractivity contribution in [3.63, 3.8) is 0 Å². The minimum atomic E-state index is -1.10. The molecule has 0 unspecified atom stereocenters. The van der Waals surface area contributed by atoms with E-state index in [9.17, 15) is 14.4 Å². The molecule has 29 heavy (non-hydrogen) atoms. The highest BCUT2D eigenvalue weighted by Gasteiger charge is 2.36. The van der Waals surface area contributed by atoms with Gasteiger partial charge in [0.2, 0.25) is 0 Å². The number of benzene rings is 2. The first-order valence-electron chi connectivity index (χ1n) is 8.68. The molecule has 1 aliphatic heterocycles. The smallest absolute Gasteiger partial charge is 0.341 e. The summed E-state index contributed by atoms with van der Waals surface area (Å²) in [4.78, 5) is 37.4. The number of carboxylic acid groups (broad SMARTS) is 1. The monoisotopic (exact) mass is 413 g/mol. The first-order valence-corrected chi connectivity index (χ1v) is 9.49. The fourth-order valence-electron chi connectivity index (χ4n) is 2.74. The van der Waals surface area contributed by atoms with Crippen molar-refractivity contribution in [2.75, 3.05) is 18.6 Å². The van der Waals surface area contributed by atoms with Crippen LogP contribution in [-0.2, 0) is 9.59 Å². The number of carbonyl (C=O) groups is 3. The van der Waals surface area contributed by atoms with Gasteiger partial charge in [-0.1, -0.05) is 12.1 Å². The van der Waals surface area contributed by atoms with Crippen molar-refractivity contribution in [3.8, 4) is 11.5 Å². The van der Waals surface area contributed by atoms with Crippen LogP contribution in [0.25, 0.3) is 6.08 Å². The van der Waals surface area contributed by atoms with Crippen LogP contribution in [0.2, 0.25) is 0 Å². The predicted molar refractivity (Wildman–Crippen MR) is 110 cm³/mol. The van der Waals surface area contributed by atoms with Crippen LogP contribution >= 0.6 is 11.8 Å². The van der Waals surface area contributed by atoms with E-state index in [1.165, 1.54) is 7.11 Å². The Morgan fingerprint density at radius 3 is 2.52 bits per heavy atom. The lowest BCUT2D eigenvalue weighted by atomic mass is 10.1. The Hall–Kier alpha value is -3.26. The molecule has 0 bridgehead atoms. The van der Waals surface area contributed by atoms with E-state index in [1.807, 2.05) is 26.0 Å². The summed E-state index contributed by atoms with van der Waals surface area (Å²) in [6.07, 6.45) is 1.59. The van der Waals surface area contributed by atoms with Crippen LogP contribution < -0.4 is 14.4 Å². The number of imide groups is 1. The van der Waals surface area contributed by atoms with Crippen LogP contribution in [0.5, 0.6) is 11.5 Å². The van der Waals surface area contributed by atoms with Crippen molar-refractivity contribution >= 4 is 40.6 Å². The Labute approximate surface area is 171 Å². The number of hydrogen-bond donors (Lipinski definition) is 1. The highest BCUT2D eigenvalue weighted by molar-refractivity contribution is 8.19. The molecule has 1 fully saturated rings. The Morgan fingerprint density at radius 2 is 1.86 bits per heavy atom. The molecule has 0 saturated carbocycles. The molecule has 150 valence electrons. The quantitative estimate of drug-likeness (QED) is 0.715. The van der Waals surface area contributed by atoms with Crippen molar-refractivity contribution in [2.24, 2.45) is 0 Å². The molecule has 0 aromatic heterocycles. The van der Waals surface area contributed by atoms with Gasteiger partial charge >= 0.3 is 5.97 Å². The number of rotatable bonds is 6. The van der Waals surface area contributed by atoms with Crippen LogP contribution in [0.15, 0.2) is 41.3 Å². The second-order valence-corrected chi connectivity index (χ2v) is 7.37. The normalized spacial score (nSPS) is 15.1. The van der Waals surface area contributed by atoms with Crippen LogP contribution in [-0.4, -0.2) is 35.9 Å². The summed E-state index contributed by atoms with van der Waals surface area (Å²) >= 11 is 0.862. The third-order valence-corrected chi connectivity index (χ3v) is 5.25. The summed E-state index contributed by atoms with van der Waals surface area (Å²) in [6, 6.07) is 10.3. The molecule has 2 aromatic carbocycles. The maximum absolute atomic E-state index is 12.8. The predicted octanol–water partition coefficient (Wildman–Crippen LogP) is 4.02. The summed E-state index contributed by atoms with van der Waals surface area (Å²) in [6.45, 7) is 3.39. The topological polar surface area (TPSA) is 93.1 Å². The standard InChI is InChI=1S/C21H19NO6S/c1-12-4-6-15(8-13(12)2)22-20(25)18(29-21(22)26)10-14-5-7-16(17(9-14)27-3)28-11-19(23)24/h4-10H,11H2,1-3H3,(H,23,24)/b18-10+. The summed E-state index contributed by atoms with van der Waals surface area (Å²) in [5, 5.41) is 8.37. The Kier molecular flexibility index (Phi) is 5.93. The fourth-order valence-corrected chi connectivity index (χ4v) is 3.58. The molecule has 2 aromatic rings. The van der Waals surface area contributed by atoms with Crippen molar-refractivity contribution < 1.29 is 29.0 Å². The van der Waals surface area contributed by atoms with Crippen molar-refractivity contribution in [1.82, 2.24) is 0 Å². The number of carboxylic acids is 1. The summed E-state index contributed by atoms with van der Waals surface area (Å²) in [7, 11) is 1.43. The molecular formula is C21H19NO6S. The van der Waals surface area contributed by atoms with Gasteiger partial charge in [-0.3, -0.25) is 9.59 Å². The van der Waals surface area contributed by atoms with Gasteiger partial charge in [0, 0.05) is 0 Å². The van der Waals surface area contributed by atoms with Gasteiger partial charge in [0.1, 0.15) is 0 Å². The fraction of sp³-hybridized carbons (Fsp3) is 0.190. The lowest BCUT2D eigenvalue weighted by Gasteiger charge is -2.14. The van der Waals surface area contributed by atoms with Gasteiger partial charge in [0.15, 0.2) is 18.1 Å². The molecule has 1 saturated heterocycles. The van der Waals surface area contributed by atoms with Crippen LogP contribution in [0.1, 0.15) is 16.7 Å². The number of hydrogen-bond acceptors (Lipinski definition) is 6. The Morgan fingerprint density at radius 1 is 1.10 bits per heavy atom. The second kappa shape index (κ2) is 8.40. The first-order chi connectivity index (χ1) is 13.8. The van der Waals surface area contributed by atoms with Gasteiger partial charge in [-0.15, -0.1) is 0 Å². The first kappa shape index (κ1) is 20.5. The lowest BCUT2D eigenvalue weighted by Crippen LogP contribution is -2.27. The minimum Gasteiger partial charge on any atom is -0.493 e. The molecule has 0 radical (unpaired) electrons. The maximum Gasteiger partial charge on any atom is 0.341 e. The van der Waals surface area contributed by atoms with Crippen molar-refractivity contribution in [1.29, 1.82) is 0 Å². The molecule has 1 heterocycles. The summed E-state index contributed by atoms with van der Waals surface area (Å²) < 4.78 is 10.4. The van der Waals surface area contributed by atoms with Crippen LogP contribution in [0, 0.1) is 13.8 Å². The Balaban J connectivity index is 1.87. The summed E-state index contributed by atoms with van der Waals surface area (Å²) in [5.41, 5.74) is 3.23. The molecule has 3 rings (SSSR count). The van der Waals surface area contributed by atoms with Crippen LogP contribution in [0.3, 0.4) is 0 Å². The number of thioether (sulfide) groups is 1. The van der Waals surface area contributed by atoms with E-state index in [0.717, 1.165) is 27.8 Å². The third kappa shape index (κ3) is 4.43. The minimum absolute atomic E-state index is 0.273. The van der Waals surface area contributed by atoms with Crippen molar-refractivity contribution in [3.05, 3.63) is 58.0 Å². The van der Waals surface area contributed by atoms with E-state index in [1.54, 1.807) is 30.3 Å². The van der Waals surface area contributed by atoms with Gasteiger partial charge in [-0.2, -0.15) is 0 Å². The van der Waals surface area contributed by atoms with Crippen LogP contribution in [0.4, 0.5) is 10.5 Å². The van der Waals surface area contributed by atoms with Gasteiger partial charge < -0.3 is 14.6 Å². The number of aryl methyl sites for hydroxylation is 2. The zero-order valence-corrected chi connectivity index (χ0v) is 16.9. The average molecular weight is 413 g/mol. The number of carbonyl (C=O) groups excluding carboxylic acids is 2. The molecule has 7 nitrogen and oxygen atoms in total. The average Bonchev–Trinajstić information content (AvgIpc) is 2.96. The SMILES string of the molecule is COc1cc(/C=C2/SC(=O)N(c3ccc(C)c(C)c3)C2=O)ccc1OCC(=O)O. The van der Waals surface area contributed by atoms with Gasteiger partial charge in [0.05, 0.1) is 17.7 Å². The van der Waals surface area contributed by atoms with E-state index >= 15 is 0 Å². The number of anilines is 1. The maximum atomic E-state index is 12.8. The largest absolute Gasteiger partial charge is 0.493 e. The highest BCUT2D eigenvalue weighted by atomic mass is 32.2. The molecule has 0 aliphatic carbocycles. The number of methoxy groups -OCH3 is 1. The second-order valence-electron chi connectivity index (χ2n) is 6.38. The highest BCUT2D eigenvalue weighted by Crippen LogP contribution is 2.37. The zero-order valence-electron chi connectivity index (χ0n) is 16.1. The van der Waals surface area contributed by atoms with Crippen molar-refractivity contribution in [2.45, 2.75) is 13.8 Å².